The molecule has 0 aromatic heterocycles. The predicted molar refractivity (Wildman–Crippen MR) is 22.2 cm³/mol. The summed E-state index contributed by atoms with van der Waals surface area (Å²) in [5, 5.41) is 0. The molecule has 1 aliphatic heterocycles. The van der Waals surface area contributed by atoms with Gasteiger partial charge in [0.25, 0.3) is 0 Å². The highest BCUT2D eigenvalue weighted by Gasteiger charge is 2.25. The van der Waals surface area contributed by atoms with E-state index in [0.29, 0.717) is 6.04 Å². The highest BCUT2D eigenvalue weighted by molar-refractivity contribution is 5.51. The second-order valence-corrected chi connectivity index (χ2v) is 1.65. The van der Waals surface area contributed by atoms with Gasteiger partial charge in [0.2, 0.25) is 6.41 Å². The van der Waals surface area contributed by atoms with E-state index in [1.807, 2.05) is 6.92 Å². The summed E-state index contributed by atoms with van der Waals surface area (Å²) in [6.45, 7) is 2.98. The topological polar surface area (TPSA) is 20.1 Å². The molecule has 0 saturated carbocycles. The average molecular weight is 85.1 g/mol. The molecule has 1 atom stereocenters. The number of carbonyl (C=O) groups is 1. The third kappa shape index (κ3) is 0.379. The van der Waals surface area contributed by atoms with Gasteiger partial charge in [-0.25, -0.2) is 0 Å². The fourth-order valence-corrected chi connectivity index (χ4v) is 0.405. The molecule has 6 heavy (non-hydrogen) atoms. The monoisotopic (exact) mass is 85.1 g/mol. The Balaban J connectivity index is 2.25. The molecule has 1 heterocycles. The van der Waals surface area contributed by atoms with Crippen molar-refractivity contribution in [3.63, 3.8) is 0 Å². The molecule has 1 aliphatic rings. The van der Waals surface area contributed by atoms with Crippen molar-refractivity contribution in [3.8, 4) is 0 Å². The fourth-order valence-electron chi connectivity index (χ4n) is 0.405. The van der Waals surface area contributed by atoms with Crippen LogP contribution in [0, 0.1) is 0 Å². The molecular formula is C4H7NO. The van der Waals surface area contributed by atoms with Crippen LogP contribution in [0.5, 0.6) is 0 Å². The molecule has 0 radical (unpaired) electrons. The second kappa shape index (κ2) is 0.965. The Labute approximate surface area is 36.7 Å². The van der Waals surface area contributed by atoms with Crippen LogP contribution in [-0.2, 0) is 4.79 Å². The summed E-state index contributed by atoms with van der Waals surface area (Å²) >= 11 is 0. The Morgan fingerprint density at radius 3 is 2.50 bits per heavy atom. The van der Waals surface area contributed by atoms with E-state index in [1.54, 1.807) is 4.90 Å². The van der Waals surface area contributed by atoms with E-state index in [-0.39, 0.29) is 0 Å². The minimum atomic E-state index is 0.530. The zero-order valence-electron chi connectivity index (χ0n) is 3.72. The number of carbonyl (C=O) groups excluding carboxylic acids is 1. The zero-order valence-corrected chi connectivity index (χ0v) is 3.72. The van der Waals surface area contributed by atoms with E-state index < -0.39 is 0 Å². The minimum absolute atomic E-state index is 0.530. The van der Waals surface area contributed by atoms with Crippen molar-refractivity contribution in [3.05, 3.63) is 0 Å². The summed E-state index contributed by atoms with van der Waals surface area (Å²) in [7, 11) is 0. The zero-order chi connectivity index (χ0) is 4.57. The summed E-state index contributed by atoms with van der Waals surface area (Å²) in [5.41, 5.74) is 0. The van der Waals surface area contributed by atoms with E-state index in [4.69, 9.17) is 0 Å². The van der Waals surface area contributed by atoms with E-state index in [2.05, 4.69) is 0 Å². The maximum atomic E-state index is 9.70. The molecule has 1 amide bonds. The molecule has 0 N–H and O–H groups in total. The van der Waals surface area contributed by atoms with Crippen LogP contribution in [0.4, 0.5) is 0 Å². The number of rotatable bonds is 1. The van der Waals surface area contributed by atoms with Crippen LogP contribution in [0.2, 0.25) is 0 Å². The molecule has 0 aromatic carbocycles. The lowest BCUT2D eigenvalue weighted by Crippen LogP contribution is -1.91. The Morgan fingerprint density at radius 1 is 2.00 bits per heavy atom. The standard InChI is InChI=1S/C4H7NO/c1-4-2-5(4)3-6/h3-4H,2H2,1H3/t4-,5?/m0/s1. The van der Waals surface area contributed by atoms with Crippen LogP contribution in [0.15, 0.2) is 0 Å². The summed E-state index contributed by atoms with van der Waals surface area (Å²) in [6.07, 6.45) is 0.880. The highest BCUT2D eigenvalue weighted by Crippen LogP contribution is 2.10. The molecule has 2 heteroatoms. The number of hydrogen-bond donors (Lipinski definition) is 0. The summed E-state index contributed by atoms with van der Waals surface area (Å²) in [4.78, 5) is 11.4. The minimum Gasteiger partial charge on any atom is -0.339 e. The van der Waals surface area contributed by atoms with Gasteiger partial charge in [-0.3, -0.25) is 4.79 Å². The van der Waals surface area contributed by atoms with Crippen molar-refractivity contribution in [2.24, 2.45) is 0 Å². The van der Waals surface area contributed by atoms with Gasteiger partial charge in [0.1, 0.15) is 0 Å². The van der Waals surface area contributed by atoms with Crippen LogP contribution in [0.3, 0.4) is 0 Å². The van der Waals surface area contributed by atoms with Gasteiger partial charge in [0.05, 0.1) is 0 Å². The molecule has 0 aliphatic carbocycles. The molecule has 1 rings (SSSR count). The normalized spacial score (nSPS) is 30.2. The molecule has 1 saturated heterocycles. The van der Waals surface area contributed by atoms with Gasteiger partial charge in [-0.2, -0.15) is 0 Å². The van der Waals surface area contributed by atoms with Gasteiger partial charge in [0, 0.05) is 12.6 Å². The van der Waals surface area contributed by atoms with Crippen LogP contribution in [-0.4, -0.2) is 23.9 Å². The molecule has 2 nitrogen and oxygen atoms in total. The lowest BCUT2D eigenvalue weighted by Gasteiger charge is -1.78. The first kappa shape index (κ1) is 3.65. The van der Waals surface area contributed by atoms with Crippen LogP contribution in [0.1, 0.15) is 6.92 Å². The Morgan fingerprint density at radius 2 is 2.50 bits per heavy atom. The fraction of sp³-hybridized carbons (Fsp3) is 0.750. The number of hydrogen-bond acceptors (Lipinski definition) is 1. The summed E-state index contributed by atoms with van der Waals surface area (Å²) in [6, 6.07) is 0.530. The SMILES string of the molecule is C[C@H]1CN1C=O. The largest absolute Gasteiger partial charge is 0.339 e. The van der Waals surface area contributed by atoms with Gasteiger partial charge >= 0.3 is 0 Å². The third-order valence-corrected chi connectivity index (χ3v) is 1.04. The van der Waals surface area contributed by atoms with Gasteiger partial charge < -0.3 is 4.90 Å². The molecule has 0 spiro atoms. The Bertz CT molecular complexity index is 71.9. The number of amides is 1. The van der Waals surface area contributed by atoms with Gasteiger partial charge in [-0.1, -0.05) is 0 Å². The van der Waals surface area contributed by atoms with Crippen molar-refractivity contribution in [2.45, 2.75) is 13.0 Å². The first-order chi connectivity index (χ1) is 2.84. The molecule has 34 valence electrons. The van der Waals surface area contributed by atoms with E-state index in [1.165, 1.54) is 0 Å². The molecular weight excluding hydrogens is 78.0 g/mol. The van der Waals surface area contributed by atoms with Gasteiger partial charge in [-0.05, 0) is 6.92 Å². The Kier molecular flexibility index (Phi) is 0.587. The highest BCUT2D eigenvalue weighted by atomic mass is 16.1. The molecule has 0 bridgehead atoms. The average Bonchev–Trinajstić information content (AvgIpc) is 2.19. The van der Waals surface area contributed by atoms with Crippen LogP contribution in [0.25, 0.3) is 0 Å². The maximum absolute atomic E-state index is 9.70. The smallest absolute Gasteiger partial charge is 0.210 e. The van der Waals surface area contributed by atoms with E-state index >= 15 is 0 Å². The first-order valence-corrected chi connectivity index (χ1v) is 2.05. The molecule has 0 unspecified atom stereocenters. The summed E-state index contributed by atoms with van der Waals surface area (Å²) in [5.74, 6) is 0. The number of nitrogens with zero attached hydrogens (tertiary/aromatic N) is 1. The predicted octanol–water partition coefficient (Wildman–Crippen LogP) is -0.153. The van der Waals surface area contributed by atoms with Crippen molar-refractivity contribution < 1.29 is 4.79 Å². The van der Waals surface area contributed by atoms with E-state index in [0.717, 1.165) is 13.0 Å². The van der Waals surface area contributed by atoms with Gasteiger partial charge in [0.15, 0.2) is 0 Å². The van der Waals surface area contributed by atoms with Crippen molar-refractivity contribution in [2.75, 3.05) is 6.54 Å². The van der Waals surface area contributed by atoms with Crippen LogP contribution >= 0.6 is 0 Å². The first-order valence-electron chi connectivity index (χ1n) is 2.05. The Hall–Kier alpha value is -0.530. The molecule has 0 aromatic rings. The maximum Gasteiger partial charge on any atom is 0.210 e. The van der Waals surface area contributed by atoms with Crippen molar-refractivity contribution in [1.29, 1.82) is 0 Å². The van der Waals surface area contributed by atoms with Gasteiger partial charge in [-0.15, -0.1) is 0 Å². The lowest BCUT2D eigenvalue weighted by molar-refractivity contribution is -0.113. The second-order valence-electron chi connectivity index (χ2n) is 1.65. The van der Waals surface area contributed by atoms with Crippen molar-refractivity contribution in [1.82, 2.24) is 4.90 Å². The summed E-state index contributed by atoms with van der Waals surface area (Å²) < 4.78 is 0. The lowest BCUT2D eigenvalue weighted by atomic mass is 10.6. The van der Waals surface area contributed by atoms with Crippen molar-refractivity contribution >= 4 is 6.41 Å². The van der Waals surface area contributed by atoms with Crippen LogP contribution < -0.4 is 0 Å². The van der Waals surface area contributed by atoms with E-state index in [9.17, 15) is 4.79 Å². The molecule has 1 fully saturated rings. The quantitative estimate of drug-likeness (QED) is 0.320. The third-order valence-electron chi connectivity index (χ3n) is 1.04.